The number of fused-ring (bicyclic) bond motifs is 5. The number of rotatable bonds is 1. The molecule has 0 bridgehead atoms. The molecule has 1 aliphatic carbocycles. The van der Waals surface area contributed by atoms with Crippen LogP contribution in [-0.4, -0.2) is 0 Å². The van der Waals surface area contributed by atoms with E-state index in [1.165, 1.54) is 44.2 Å². The molecule has 1 aliphatic rings. The van der Waals surface area contributed by atoms with E-state index in [0.29, 0.717) is 0 Å². The fourth-order valence-corrected chi connectivity index (χ4v) is 3.88. The van der Waals surface area contributed by atoms with Crippen LogP contribution < -0.4 is 0 Å². The SMILES string of the molecule is c1ccc(-c2cccc3ccc4c(c23)Cc2ccccc2-4)cc1. The Labute approximate surface area is 136 Å². The summed E-state index contributed by atoms with van der Waals surface area (Å²) in [7, 11) is 0. The minimum Gasteiger partial charge on any atom is -0.0622 e. The maximum atomic E-state index is 2.29. The van der Waals surface area contributed by atoms with E-state index in [2.05, 4.69) is 84.9 Å². The third-order valence-corrected chi connectivity index (χ3v) is 4.91. The quantitative estimate of drug-likeness (QED) is 0.351. The van der Waals surface area contributed by atoms with Gasteiger partial charge in [0.2, 0.25) is 0 Å². The van der Waals surface area contributed by atoms with Gasteiger partial charge in [-0.15, -0.1) is 0 Å². The van der Waals surface area contributed by atoms with Crippen LogP contribution in [-0.2, 0) is 6.42 Å². The van der Waals surface area contributed by atoms with Crippen LogP contribution in [0.2, 0.25) is 0 Å². The van der Waals surface area contributed by atoms with Crippen molar-refractivity contribution in [3.63, 3.8) is 0 Å². The van der Waals surface area contributed by atoms with Gasteiger partial charge < -0.3 is 0 Å². The molecule has 0 saturated carbocycles. The normalized spacial score (nSPS) is 12.2. The van der Waals surface area contributed by atoms with E-state index in [1.54, 1.807) is 0 Å². The van der Waals surface area contributed by atoms with Crippen molar-refractivity contribution in [3.05, 3.63) is 96.1 Å². The molecule has 0 amide bonds. The third kappa shape index (κ3) is 1.85. The molecule has 0 aromatic heterocycles. The largest absolute Gasteiger partial charge is 0.0622 e. The molecule has 0 heterocycles. The summed E-state index contributed by atoms with van der Waals surface area (Å²) in [4.78, 5) is 0. The van der Waals surface area contributed by atoms with E-state index in [4.69, 9.17) is 0 Å². The fourth-order valence-electron chi connectivity index (χ4n) is 3.88. The highest BCUT2D eigenvalue weighted by atomic mass is 14.2. The van der Waals surface area contributed by atoms with Crippen molar-refractivity contribution in [2.24, 2.45) is 0 Å². The second-order valence-corrected chi connectivity index (χ2v) is 6.20. The predicted molar refractivity (Wildman–Crippen MR) is 97.6 cm³/mol. The monoisotopic (exact) mass is 292 g/mol. The molecule has 4 aromatic carbocycles. The topological polar surface area (TPSA) is 0 Å². The van der Waals surface area contributed by atoms with Gasteiger partial charge in [-0.1, -0.05) is 84.9 Å². The first-order chi connectivity index (χ1) is 11.4. The average molecular weight is 292 g/mol. The van der Waals surface area contributed by atoms with E-state index in [-0.39, 0.29) is 0 Å². The summed E-state index contributed by atoms with van der Waals surface area (Å²) in [5.74, 6) is 0. The molecule has 108 valence electrons. The van der Waals surface area contributed by atoms with Crippen molar-refractivity contribution >= 4 is 10.8 Å². The van der Waals surface area contributed by atoms with Crippen LogP contribution in [0.3, 0.4) is 0 Å². The van der Waals surface area contributed by atoms with Gasteiger partial charge in [-0.2, -0.15) is 0 Å². The Balaban J connectivity index is 1.86. The average Bonchev–Trinajstić information content (AvgIpc) is 3.01. The first-order valence-electron chi connectivity index (χ1n) is 8.10. The Kier molecular flexibility index (Phi) is 2.65. The summed E-state index contributed by atoms with van der Waals surface area (Å²) in [5, 5.41) is 2.74. The third-order valence-electron chi connectivity index (χ3n) is 4.91. The molecule has 0 radical (unpaired) electrons. The van der Waals surface area contributed by atoms with Gasteiger partial charge in [0.25, 0.3) is 0 Å². The molecule has 0 nitrogen and oxygen atoms in total. The molecule has 0 spiro atoms. The zero-order valence-corrected chi connectivity index (χ0v) is 12.8. The van der Waals surface area contributed by atoms with E-state index >= 15 is 0 Å². The molecule has 0 heteroatoms. The summed E-state index contributed by atoms with van der Waals surface area (Å²) >= 11 is 0. The predicted octanol–water partition coefficient (Wildman–Crippen LogP) is 6.08. The van der Waals surface area contributed by atoms with Crippen molar-refractivity contribution < 1.29 is 0 Å². The highest BCUT2D eigenvalue weighted by molar-refractivity contribution is 6.03. The molecule has 0 fully saturated rings. The van der Waals surface area contributed by atoms with Crippen LogP contribution in [0.1, 0.15) is 11.1 Å². The second-order valence-electron chi connectivity index (χ2n) is 6.20. The lowest BCUT2D eigenvalue weighted by molar-refractivity contribution is 1.28. The Morgan fingerprint density at radius 2 is 1.30 bits per heavy atom. The van der Waals surface area contributed by atoms with Gasteiger partial charge in [-0.05, 0) is 50.6 Å². The highest BCUT2D eigenvalue weighted by Gasteiger charge is 2.21. The molecular weight excluding hydrogens is 276 g/mol. The van der Waals surface area contributed by atoms with E-state index < -0.39 is 0 Å². The van der Waals surface area contributed by atoms with Gasteiger partial charge in [0.1, 0.15) is 0 Å². The minimum atomic E-state index is 1.03. The first-order valence-corrected chi connectivity index (χ1v) is 8.10. The Bertz CT molecular complexity index is 1030. The van der Waals surface area contributed by atoms with Crippen LogP contribution in [0.5, 0.6) is 0 Å². The highest BCUT2D eigenvalue weighted by Crippen LogP contribution is 2.43. The molecule has 5 rings (SSSR count). The summed E-state index contributed by atoms with van der Waals surface area (Å²) in [6.07, 6.45) is 1.03. The van der Waals surface area contributed by atoms with E-state index in [0.717, 1.165) is 6.42 Å². The zero-order chi connectivity index (χ0) is 15.2. The summed E-state index contributed by atoms with van der Waals surface area (Å²) in [5.41, 5.74) is 8.35. The Morgan fingerprint density at radius 3 is 2.22 bits per heavy atom. The first kappa shape index (κ1) is 12.7. The lowest BCUT2D eigenvalue weighted by Gasteiger charge is -2.12. The number of hydrogen-bond acceptors (Lipinski definition) is 0. The minimum absolute atomic E-state index is 1.03. The van der Waals surface area contributed by atoms with E-state index in [9.17, 15) is 0 Å². The van der Waals surface area contributed by atoms with Crippen LogP contribution >= 0.6 is 0 Å². The molecule has 4 aromatic rings. The number of hydrogen-bond donors (Lipinski definition) is 0. The van der Waals surface area contributed by atoms with Gasteiger partial charge in [0.15, 0.2) is 0 Å². The van der Waals surface area contributed by atoms with Crippen molar-refractivity contribution in [2.45, 2.75) is 6.42 Å². The molecular formula is C23H16. The lowest BCUT2D eigenvalue weighted by Crippen LogP contribution is -1.88. The van der Waals surface area contributed by atoms with Gasteiger partial charge in [0, 0.05) is 0 Å². The van der Waals surface area contributed by atoms with Gasteiger partial charge in [-0.25, -0.2) is 0 Å². The Morgan fingerprint density at radius 1 is 0.522 bits per heavy atom. The maximum Gasteiger partial charge on any atom is -0.000706 e. The summed E-state index contributed by atoms with van der Waals surface area (Å²) in [6, 6.07) is 30.7. The molecule has 0 aliphatic heterocycles. The smallest absolute Gasteiger partial charge is 0.000706 e. The summed E-state index contributed by atoms with van der Waals surface area (Å²) in [6.45, 7) is 0. The van der Waals surface area contributed by atoms with Gasteiger partial charge in [-0.3, -0.25) is 0 Å². The Hall–Kier alpha value is -2.86. The molecule has 0 unspecified atom stereocenters. The summed E-state index contributed by atoms with van der Waals surface area (Å²) < 4.78 is 0. The molecule has 23 heavy (non-hydrogen) atoms. The van der Waals surface area contributed by atoms with Crippen molar-refractivity contribution in [1.82, 2.24) is 0 Å². The van der Waals surface area contributed by atoms with Gasteiger partial charge in [0.05, 0.1) is 0 Å². The molecule has 0 N–H and O–H groups in total. The van der Waals surface area contributed by atoms with Crippen LogP contribution in [0.4, 0.5) is 0 Å². The van der Waals surface area contributed by atoms with Crippen LogP contribution in [0.25, 0.3) is 33.0 Å². The standard InChI is InChI=1S/C23H16/c1-2-7-16(8-3-1)20-12-6-10-17-13-14-21-19-11-5-4-9-18(19)15-22(21)23(17)20/h1-14H,15H2. The van der Waals surface area contributed by atoms with Crippen molar-refractivity contribution in [1.29, 1.82) is 0 Å². The van der Waals surface area contributed by atoms with E-state index in [1.807, 2.05) is 0 Å². The molecule has 0 saturated heterocycles. The van der Waals surface area contributed by atoms with Crippen molar-refractivity contribution in [2.75, 3.05) is 0 Å². The number of benzene rings is 4. The fraction of sp³-hybridized carbons (Fsp3) is 0.0435. The zero-order valence-electron chi connectivity index (χ0n) is 12.8. The van der Waals surface area contributed by atoms with Crippen LogP contribution in [0.15, 0.2) is 84.9 Å². The second kappa shape index (κ2) is 4.82. The van der Waals surface area contributed by atoms with Crippen LogP contribution in [0, 0.1) is 0 Å². The lowest BCUT2D eigenvalue weighted by atomic mass is 9.92. The van der Waals surface area contributed by atoms with Gasteiger partial charge >= 0.3 is 0 Å². The molecule has 0 atom stereocenters. The maximum absolute atomic E-state index is 2.29. The van der Waals surface area contributed by atoms with Crippen molar-refractivity contribution in [3.8, 4) is 22.3 Å².